The van der Waals surface area contributed by atoms with Crippen molar-refractivity contribution in [3.63, 3.8) is 0 Å². The average molecular weight is 587 g/mol. The molecule has 11 atom stereocenters. The molecule has 3 N–H and O–H groups in total. The van der Waals surface area contributed by atoms with Gasteiger partial charge in [0.25, 0.3) is 0 Å². The molecule has 0 aliphatic heterocycles. The molecule has 0 bridgehead atoms. The van der Waals surface area contributed by atoms with Crippen LogP contribution in [0.3, 0.4) is 0 Å². The lowest BCUT2D eigenvalue weighted by atomic mass is 9.31. The van der Waals surface area contributed by atoms with E-state index in [1.54, 1.807) is 0 Å². The fourth-order valence-electron chi connectivity index (χ4n) is 12.1. The maximum Gasteiger partial charge on any atom is 0.333 e. The summed E-state index contributed by atoms with van der Waals surface area (Å²) in [7, 11) is 0. The third kappa shape index (κ3) is 3.89. The zero-order valence-electron chi connectivity index (χ0n) is 27.1. The van der Waals surface area contributed by atoms with Crippen LogP contribution in [0.2, 0.25) is 0 Å². The number of aliphatic hydroxyl groups excluding tert-OH is 1. The van der Waals surface area contributed by atoms with Crippen molar-refractivity contribution in [1.29, 1.82) is 0 Å². The molecule has 236 valence electrons. The molecule has 42 heavy (non-hydrogen) atoms. The van der Waals surface area contributed by atoms with Gasteiger partial charge in [-0.3, -0.25) is 9.59 Å². The molecule has 0 aromatic carbocycles. The van der Waals surface area contributed by atoms with E-state index in [4.69, 9.17) is 9.84 Å². The lowest BCUT2D eigenvalue weighted by Crippen LogP contribution is -2.68. The van der Waals surface area contributed by atoms with E-state index in [0.29, 0.717) is 30.1 Å². The Kier molecular flexibility index (Phi) is 7.36. The number of fused-ring (bicyclic) bond motifs is 7. The van der Waals surface area contributed by atoms with Crippen molar-refractivity contribution in [3.05, 3.63) is 11.6 Å². The summed E-state index contributed by atoms with van der Waals surface area (Å²) in [5.74, 6) is -1.15. The van der Waals surface area contributed by atoms with E-state index in [1.807, 2.05) is 0 Å². The van der Waals surface area contributed by atoms with Crippen LogP contribution in [0, 0.1) is 56.2 Å². The number of carboxylic acid groups (broad SMARTS) is 2. The highest BCUT2D eigenvalue weighted by atomic mass is 16.5. The van der Waals surface area contributed by atoms with Crippen molar-refractivity contribution >= 4 is 17.9 Å². The fraction of sp³-hybridized carbons (Fsp3) is 0.857. The van der Waals surface area contributed by atoms with Crippen molar-refractivity contribution < 1.29 is 34.4 Å². The van der Waals surface area contributed by atoms with Crippen LogP contribution in [0.25, 0.3) is 0 Å². The quantitative estimate of drug-likeness (QED) is 0.237. The van der Waals surface area contributed by atoms with Crippen LogP contribution in [-0.2, 0) is 19.1 Å². The van der Waals surface area contributed by atoms with Crippen LogP contribution >= 0.6 is 0 Å². The predicted octanol–water partition coefficient (Wildman–Crippen LogP) is 6.87. The maximum atomic E-state index is 13.1. The smallest absolute Gasteiger partial charge is 0.333 e. The van der Waals surface area contributed by atoms with E-state index < -0.39 is 35.8 Å². The summed E-state index contributed by atoms with van der Waals surface area (Å²) < 4.78 is 5.89. The standard InChI is InChI=1S/C35H54O7/c1-20-11-16-35(29(40)41)18-17-33(7)25(34(35,8)21(20)2)10-9-24-31(5)14-13-26(42-27(37)19-22(36)28(38)39)30(3,4)23(31)12-15-32(24,33)6/h10,20-24,26,36H,9,11-19H2,1-8H3,(H,38,39)(H,40,41)/t20-,21+,22+,23+,24-,26+,31+,32-,33-,34+,35-/m1/s1. The van der Waals surface area contributed by atoms with E-state index in [0.717, 1.165) is 51.4 Å². The molecule has 0 spiro atoms. The van der Waals surface area contributed by atoms with Gasteiger partial charge in [0.05, 0.1) is 11.8 Å². The number of carboxylic acids is 2. The van der Waals surface area contributed by atoms with Gasteiger partial charge in [0.15, 0.2) is 6.10 Å². The van der Waals surface area contributed by atoms with Gasteiger partial charge >= 0.3 is 17.9 Å². The number of ether oxygens (including phenoxy) is 1. The number of carbonyl (C=O) groups is 3. The van der Waals surface area contributed by atoms with Gasteiger partial charge in [0.1, 0.15) is 6.10 Å². The van der Waals surface area contributed by atoms with Crippen LogP contribution in [0.15, 0.2) is 11.6 Å². The van der Waals surface area contributed by atoms with E-state index in [2.05, 4.69) is 61.5 Å². The Bertz CT molecular complexity index is 1190. The summed E-state index contributed by atoms with van der Waals surface area (Å²) in [6.07, 6.45) is 7.91. The van der Waals surface area contributed by atoms with Gasteiger partial charge in [0.2, 0.25) is 0 Å². The first-order valence-electron chi connectivity index (χ1n) is 16.4. The monoisotopic (exact) mass is 586 g/mol. The molecule has 0 aromatic rings. The van der Waals surface area contributed by atoms with Crippen LogP contribution in [0.4, 0.5) is 0 Å². The first-order chi connectivity index (χ1) is 19.3. The highest BCUT2D eigenvalue weighted by Gasteiger charge is 2.72. The molecule has 4 fully saturated rings. The average Bonchev–Trinajstić information content (AvgIpc) is 2.89. The molecule has 5 rings (SSSR count). The highest BCUT2D eigenvalue weighted by molar-refractivity contribution is 5.80. The van der Waals surface area contributed by atoms with Gasteiger partial charge in [-0.2, -0.15) is 0 Å². The normalized spacial score (nSPS) is 48.3. The second-order valence-electron chi connectivity index (χ2n) is 16.5. The Morgan fingerprint density at radius 2 is 1.57 bits per heavy atom. The molecule has 0 aromatic heterocycles. The molecular weight excluding hydrogens is 532 g/mol. The number of esters is 1. The van der Waals surface area contributed by atoms with Crippen molar-refractivity contribution in [2.75, 3.05) is 0 Å². The largest absolute Gasteiger partial charge is 0.481 e. The summed E-state index contributed by atoms with van der Waals surface area (Å²) in [6, 6.07) is 0. The second kappa shape index (κ2) is 9.81. The Balaban J connectivity index is 1.49. The number of hydrogen-bond donors (Lipinski definition) is 3. The van der Waals surface area contributed by atoms with Crippen molar-refractivity contribution in [1.82, 2.24) is 0 Å². The van der Waals surface area contributed by atoms with Gasteiger partial charge in [0, 0.05) is 10.8 Å². The van der Waals surface area contributed by atoms with Gasteiger partial charge in [-0.25, -0.2) is 4.79 Å². The van der Waals surface area contributed by atoms with Crippen LogP contribution in [-0.4, -0.2) is 45.4 Å². The van der Waals surface area contributed by atoms with Gasteiger partial charge < -0.3 is 20.1 Å². The Morgan fingerprint density at radius 1 is 0.905 bits per heavy atom. The first kappa shape index (κ1) is 31.5. The van der Waals surface area contributed by atoms with Crippen LogP contribution in [0.1, 0.15) is 120 Å². The molecular formula is C35H54O7. The van der Waals surface area contributed by atoms with Crippen molar-refractivity contribution in [2.45, 2.75) is 132 Å². The fourth-order valence-corrected chi connectivity index (χ4v) is 12.1. The Hall–Kier alpha value is -1.89. The van der Waals surface area contributed by atoms with E-state index >= 15 is 0 Å². The minimum atomic E-state index is -1.75. The third-order valence-corrected chi connectivity index (χ3v) is 15.1. The molecule has 0 amide bonds. The summed E-state index contributed by atoms with van der Waals surface area (Å²) in [5.41, 5.74) is 0.0207. The maximum absolute atomic E-state index is 13.1. The molecule has 0 heterocycles. The zero-order chi connectivity index (χ0) is 31.3. The van der Waals surface area contributed by atoms with E-state index in [9.17, 15) is 24.6 Å². The van der Waals surface area contributed by atoms with Crippen molar-refractivity contribution in [2.24, 2.45) is 56.2 Å². The van der Waals surface area contributed by atoms with Crippen LogP contribution in [0.5, 0.6) is 0 Å². The topological polar surface area (TPSA) is 121 Å². The predicted molar refractivity (Wildman–Crippen MR) is 159 cm³/mol. The molecule has 0 unspecified atom stereocenters. The lowest BCUT2D eigenvalue weighted by molar-refractivity contribution is -0.221. The molecule has 5 aliphatic carbocycles. The number of aliphatic carboxylic acids is 2. The number of allylic oxidation sites excluding steroid dienone is 2. The number of rotatable bonds is 5. The molecule has 5 aliphatic rings. The first-order valence-corrected chi connectivity index (χ1v) is 16.4. The molecule has 7 heteroatoms. The summed E-state index contributed by atoms with van der Waals surface area (Å²) in [4.78, 5) is 36.8. The Morgan fingerprint density at radius 3 is 2.19 bits per heavy atom. The summed E-state index contributed by atoms with van der Waals surface area (Å²) >= 11 is 0. The van der Waals surface area contributed by atoms with Crippen molar-refractivity contribution in [3.8, 4) is 0 Å². The molecule has 4 saturated carbocycles. The van der Waals surface area contributed by atoms with Gasteiger partial charge in [-0.15, -0.1) is 0 Å². The zero-order valence-corrected chi connectivity index (χ0v) is 27.1. The van der Waals surface area contributed by atoms with Gasteiger partial charge in [-0.05, 0) is 97.7 Å². The van der Waals surface area contributed by atoms with E-state index in [1.165, 1.54) is 5.57 Å². The lowest BCUT2D eigenvalue weighted by Gasteiger charge is -2.73. The SMILES string of the molecule is C[C@@H]1CC[C@]2(C(=O)O)CC[C@]3(C)C(=CC[C@@H]4[C@@]5(C)CC[C@H](OC(=O)C[C@H](O)C(=O)O)C(C)(C)[C@@H]5CC[C@]43C)[C@]2(C)[C@H]1C. The number of aliphatic hydroxyl groups is 1. The van der Waals surface area contributed by atoms with Crippen LogP contribution < -0.4 is 0 Å². The second-order valence-corrected chi connectivity index (χ2v) is 16.5. The molecule has 7 nitrogen and oxygen atoms in total. The van der Waals surface area contributed by atoms with E-state index in [-0.39, 0.29) is 33.2 Å². The third-order valence-electron chi connectivity index (χ3n) is 15.1. The number of carbonyl (C=O) groups excluding carboxylic acids is 1. The molecule has 0 radical (unpaired) electrons. The highest BCUT2D eigenvalue weighted by Crippen LogP contribution is 2.78. The van der Waals surface area contributed by atoms with Gasteiger partial charge in [-0.1, -0.05) is 67.0 Å². The molecule has 0 saturated heterocycles. The minimum absolute atomic E-state index is 0.0265. The number of hydrogen-bond acceptors (Lipinski definition) is 5. The minimum Gasteiger partial charge on any atom is -0.481 e. The summed E-state index contributed by atoms with van der Waals surface area (Å²) in [5, 5.41) is 29.5. The summed E-state index contributed by atoms with van der Waals surface area (Å²) in [6.45, 7) is 18.7. The Labute approximate surface area is 251 Å².